The van der Waals surface area contributed by atoms with Gasteiger partial charge >= 0.3 is 18.1 Å². The number of benzene rings is 3. The van der Waals surface area contributed by atoms with Gasteiger partial charge in [0, 0.05) is 0 Å². The van der Waals surface area contributed by atoms with Gasteiger partial charge in [0.2, 0.25) is 5.91 Å². The van der Waals surface area contributed by atoms with E-state index in [1.165, 1.54) is 42.5 Å². The van der Waals surface area contributed by atoms with Gasteiger partial charge in [-0.15, -0.1) is 0 Å². The van der Waals surface area contributed by atoms with Crippen LogP contribution in [0.15, 0.2) is 71.6 Å². The number of alkyl halides is 3. The Balaban J connectivity index is 2.10. The maximum Gasteiger partial charge on any atom is 0.416 e. The molecule has 0 aromatic heterocycles. The summed E-state index contributed by atoms with van der Waals surface area (Å²) in [5.41, 5.74) is -2.29. The molecule has 3 aromatic rings. The van der Waals surface area contributed by atoms with E-state index in [-0.39, 0.29) is 26.7 Å². The third-order valence-corrected chi connectivity index (χ3v) is 7.37. The monoisotopic (exact) mass is 584 g/mol. The molecule has 0 aliphatic rings. The predicted molar refractivity (Wildman–Crippen MR) is 135 cm³/mol. The first-order valence-electron chi connectivity index (χ1n) is 10.8. The Kier molecular flexibility index (Phi) is 8.87. The summed E-state index contributed by atoms with van der Waals surface area (Å²) in [5, 5.41) is 1.94. The largest absolute Gasteiger partial charge is 0.465 e. The van der Waals surface area contributed by atoms with E-state index in [1.807, 2.05) is 0 Å². The first-order chi connectivity index (χ1) is 18.3. The zero-order valence-electron chi connectivity index (χ0n) is 20.3. The van der Waals surface area contributed by atoms with E-state index in [1.54, 1.807) is 0 Å². The molecule has 0 aliphatic carbocycles. The van der Waals surface area contributed by atoms with Crippen molar-refractivity contribution in [2.45, 2.75) is 11.1 Å². The van der Waals surface area contributed by atoms with Crippen LogP contribution < -0.4 is 9.62 Å². The van der Waals surface area contributed by atoms with E-state index in [0.717, 1.165) is 26.4 Å². The molecule has 3 rings (SSSR count). The fourth-order valence-electron chi connectivity index (χ4n) is 3.40. The zero-order valence-corrected chi connectivity index (χ0v) is 21.9. The molecule has 14 heteroatoms. The lowest BCUT2D eigenvalue weighted by atomic mass is 10.1. The fourth-order valence-corrected chi connectivity index (χ4v) is 5.12. The van der Waals surface area contributed by atoms with E-state index in [2.05, 4.69) is 14.8 Å². The summed E-state index contributed by atoms with van der Waals surface area (Å²) in [6, 6.07) is 12.2. The molecule has 0 radical (unpaired) electrons. The van der Waals surface area contributed by atoms with Crippen LogP contribution in [-0.2, 0) is 30.5 Å². The number of methoxy groups -OCH3 is 2. The molecule has 0 spiro atoms. The molecule has 1 N–H and O–H groups in total. The van der Waals surface area contributed by atoms with E-state index in [9.17, 15) is 36.0 Å². The molecular formula is C25H20ClF3N2O7S. The van der Waals surface area contributed by atoms with Gasteiger partial charge in [-0.2, -0.15) is 13.2 Å². The summed E-state index contributed by atoms with van der Waals surface area (Å²) < 4.78 is 77.1. The number of nitrogens with zero attached hydrogens (tertiary/aromatic N) is 1. The molecule has 0 bridgehead atoms. The van der Waals surface area contributed by atoms with Crippen molar-refractivity contribution in [2.75, 3.05) is 30.4 Å². The zero-order chi connectivity index (χ0) is 29.0. The third kappa shape index (κ3) is 6.67. The number of halogens is 4. The quantitative estimate of drug-likeness (QED) is 0.379. The smallest absolute Gasteiger partial charge is 0.416 e. The molecule has 0 heterocycles. The molecule has 39 heavy (non-hydrogen) atoms. The highest BCUT2D eigenvalue weighted by Gasteiger charge is 2.34. The lowest BCUT2D eigenvalue weighted by molar-refractivity contribution is -0.137. The molecule has 206 valence electrons. The lowest BCUT2D eigenvalue weighted by Crippen LogP contribution is -2.38. The summed E-state index contributed by atoms with van der Waals surface area (Å²) in [7, 11) is -2.44. The van der Waals surface area contributed by atoms with Crippen molar-refractivity contribution < 1.29 is 45.4 Å². The van der Waals surface area contributed by atoms with E-state index in [0.29, 0.717) is 16.4 Å². The number of amides is 1. The Morgan fingerprint density at radius 2 is 1.56 bits per heavy atom. The first-order valence-corrected chi connectivity index (χ1v) is 12.7. The molecule has 9 nitrogen and oxygen atoms in total. The minimum Gasteiger partial charge on any atom is -0.465 e. The van der Waals surface area contributed by atoms with Crippen LogP contribution in [0, 0.1) is 0 Å². The minimum absolute atomic E-state index is 0.0601. The van der Waals surface area contributed by atoms with E-state index in [4.69, 9.17) is 11.6 Å². The molecular weight excluding hydrogens is 565 g/mol. The summed E-state index contributed by atoms with van der Waals surface area (Å²) >= 11 is 6.12. The van der Waals surface area contributed by atoms with Gasteiger partial charge in [-0.25, -0.2) is 18.0 Å². The molecule has 1 amide bonds. The van der Waals surface area contributed by atoms with Gasteiger partial charge < -0.3 is 14.8 Å². The van der Waals surface area contributed by atoms with Crippen LogP contribution in [0.5, 0.6) is 0 Å². The van der Waals surface area contributed by atoms with Gasteiger partial charge in [0.1, 0.15) is 6.54 Å². The van der Waals surface area contributed by atoms with E-state index < -0.39 is 51.8 Å². The van der Waals surface area contributed by atoms with Crippen molar-refractivity contribution in [3.05, 3.63) is 88.4 Å². The van der Waals surface area contributed by atoms with Crippen molar-refractivity contribution in [3.63, 3.8) is 0 Å². The maximum atomic E-state index is 13.5. The number of nitrogens with one attached hydrogen (secondary N) is 1. The molecule has 0 unspecified atom stereocenters. The molecule has 0 saturated carbocycles. The summed E-state index contributed by atoms with van der Waals surface area (Å²) in [4.78, 5) is 37.0. The average Bonchev–Trinajstić information content (AvgIpc) is 2.91. The van der Waals surface area contributed by atoms with Gasteiger partial charge in [-0.1, -0.05) is 29.8 Å². The molecule has 0 atom stereocenters. The standard InChI is InChI=1S/C25H20ClF3N2O7S/c1-37-23(33)15-8-10-18(24(34)38-2)20(12-15)30-22(32)14-31(39(35,36)17-6-4-3-5-7-17)21-13-16(25(27,28)29)9-11-19(21)26/h3-13H,14H2,1-2H3,(H,30,32). The Labute approximate surface area is 226 Å². The lowest BCUT2D eigenvalue weighted by Gasteiger charge is -2.26. The molecule has 0 saturated heterocycles. The number of carbonyl (C=O) groups excluding carboxylic acids is 3. The number of ether oxygens (including phenoxy) is 2. The summed E-state index contributed by atoms with van der Waals surface area (Å²) in [6.07, 6.45) is -4.84. The van der Waals surface area contributed by atoms with Gasteiger partial charge in [0.15, 0.2) is 0 Å². The Morgan fingerprint density at radius 1 is 0.923 bits per heavy atom. The van der Waals surface area contributed by atoms with Gasteiger partial charge in [0.25, 0.3) is 10.0 Å². The van der Waals surface area contributed by atoms with Crippen LogP contribution in [0.25, 0.3) is 0 Å². The second-order valence-corrected chi connectivity index (χ2v) is 10.0. The molecule has 0 aliphatic heterocycles. The topological polar surface area (TPSA) is 119 Å². The van der Waals surface area contributed by atoms with E-state index >= 15 is 0 Å². The normalized spacial score (nSPS) is 11.4. The Hall–Kier alpha value is -4.10. The number of carbonyl (C=O) groups is 3. The van der Waals surface area contributed by atoms with Crippen molar-refractivity contribution >= 4 is 50.8 Å². The molecule has 3 aromatic carbocycles. The van der Waals surface area contributed by atoms with Crippen molar-refractivity contribution in [2.24, 2.45) is 0 Å². The maximum absolute atomic E-state index is 13.5. The minimum atomic E-state index is -4.84. The van der Waals surface area contributed by atoms with Crippen molar-refractivity contribution in [3.8, 4) is 0 Å². The predicted octanol–water partition coefficient (Wildman–Crippen LogP) is 4.77. The number of rotatable bonds is 8. The first kappa shape index (κ1) is 29.5. The molecule has 0 fully saturated rings. The number of hydrogen-bond acceptors (Lipinski definition) is 7. The van der Waals surface area contributed by atoms with Crippen LogP contribution in [0.1, 0.15) is 26.3 Å². The second kappa shape index (κ2) is 11.7. The highest BCUT2D eigenvalue weighted by Crippen LogP contribution is 2.37. The van der Waals surface area contributed by atoms with Gasteiger partial charge in [-0.3, -0.25) is 9.10 Å². The van der Waals surface area contributed by atoms with Crippen LogP contribution in [-0.4, -0.2) is 47.0 Å². The Bertz CT molecular complexity index is 1510. The summed E-state index contributed by atoms with van der Waals surface area (Å²) in [5.74, 6) is -2.77. The number of anilines is 2. The van der Waals surface area contributed by atoms with Crippen LogP contribution in [0.4, 0.5) is 24.5 Å². The second-order valence-electron chi connectivity index (χ2n) is 7.78. The summed E-state index contributed by atoms with van der Waals surface area (Å²) in [6.45, 7) is -1.05. The van der Waals surface area contributed by atoms with Gasteiger partial charge in [-0.05, 0) is 48.5 Å². The van der Waals surface area contributed by atoms with Crippen LogP contribution in [0.2, 0.25) is 5.02 Å². The SMILES string of the molecule is COC(=O)c1ccc(C(=O)OC)c(NC(=O)CN(c2cc(C(F)(F)F)ccc2Cl)S(=O)(=O)c2ccccc2)c1. The van der Waals surface area contributed by atoms with Crippen LogP contribution >= 0.6 is 11.6 Å². The number of hydrogen-bond donors (Lipinski definition) is 1. The fraction of sp³-hybridized carbons (Fsp3) is 0.160. The van der Waals surface area contributed by atoms with Crippen LogP contribution in [0.3, 0.4) is 0 Å². The van der Waals surface area contributed by atoms with Crippen molar-refractivity contribution in [1.29, 1.82) is 0 Å². The Morgan fingerprint density at radius 3 is 2.15 bits per heavy atom. The number of sulfonamides is 1. The highest BCUT2D eigenvalue weighted by atomic mass is 35.5. The highest BCUT2D eigenvalue weighted by molar-refractivity contribution is 7.92. The third-order valence-electron chi connectivity index (χ3n) is 5.28. The number of esters is 2. The van der Waals surface area contributed by atoms with Crippen molar-refractivity contribution in [1.82, 2.24) is 0 Å². The van der Waals surface area contributed by atoms with Gasteiger partial charge in [0.05, 0.1) is 52.2 Å². The average molecular weight is 585 g/mol.